The highest BCUT2D eigenvalue weighted by molar-refractivity contribution is 9.11. The number of hydrogen-bond acceptors (Lipinski definition) is 2. The van der Waals surface area contributed by atoms with Crippen LogP contribution in [0.15, 0.2) is 69.6 Å². The van der Waals surface area contributed by atoms with Crippen LogP contribution in [-0.4, -0.2) is 11.1 Å². The highest BCUT2D eigenvalue weighted by Gasteiger charge is 2.10. The van der Waals surface area contributed by atoms with Crippen LogP contribution in [0.25, 0.3) is 11.1 Å². The van der Waals surface area contributed by atoms with Crippen LogP contribution in [0, 0.1) is 6.92 Å². The van der Waals surface area contributed by atoms with Gasteiger partial charge in [-0.2, -0.15) is 0 Å². The van der Waals surface area contributed by atoms with Crippen LogP contribution in [0.2, 0.25) is 0 Å². The summed E-state index contributed by atoms with van der Waals surface area (Å²) in [7, 11) is 0. The molecule has 0 fully saturated rings. The lowest BCUT2D eigenvalue weighted by Gasteiger charge is -2.13. The van der Waals surface area contributed by atoms with Crippen molar-refractivity contribution in [2.24, 2.45) is 0 Å². The van der Waals surface area contributed by atoms with Crippen LogP contribution >= 0.6 is 31.9 Å². The van der Waals surface area contributed by atoms with Crippen molar-refractivity contribution in [2.45, 2.75) is 6.92 Å². The van der Waals surface area contributed by atoms with Crippen LogP contribution in [-0.2, 0) is 0 Å². The Kier molecular flexibility index (Phi) is 5.25. The Morgan fingerprint density at radius 1 is 0.880 bits per heavy atom. The minimum Gasteiger partial charge on any atom is -0.478 e. The Labute approximate surface area is 163 Å². The molecule has 3 aromatic rings. The fourth-order valence-corrected chi connectivity index (χ4v) is 3.92. The first-order valence-corrected chi connectivity index (χ1v) is 9.19. The molecule has 0 aliphatic rings. The van der Waals surface area contributed by atoms with Gasteiger partial charge in [0.25, 0.3) is 0 Å². The molecule has 0 aliphatic carbocycles. The summed E-state index contributed by atoms with van der Waals surface area (Å²) in [5.74, 6) is -0.948. The van der Waals surface area contributed by atoms with Crippen molar-refractivity contribution >= 4 is 49.2 Å². The van der Waals surface area contributed by atoms with Crippen LogP contribution in [0.1, 0.15) is 15.9 Å². The summed E-state index contributed by atoms with van der Waals surface area (Å²) in [6.07, 6.45) is 0. The van der Waals surface area contributed by atoms with E-state index in [9.17, 15) is 9.90 Å². The molecule has 3 aromatic carbocycles. The van der Waals surface area contributed by atoms with E-state index in [0.717, 1.165) is 31.3 Å². The minimum atomic E-state index is -0.948. The Bertz CT molecular complexity index is 934. The van der Waals surface area contributed by atoms with Crippen molar-refractivity contribution < 1.29 is 9.90 Å². The van der Waals surface area contributed by atoms with Gasteiger partial charge in [-0.3, -0.25) is 0 Å². The summed E-state index contributed by atoms with van der Waals surface area (Å²) in [5.41, 5.74) is 4.94. The number of anilines is 2. The summed E-state index contributed by atoms with van der Waals surface area (Å²) in [6, 6.07) is 19.1. The zero-order valence-corrected chi connectivity index (χ0v) is 16.6. The zero-order valence-electron chi connectivity index (χ0n) is 13.4. The van der Waals surface area contributed by atoms with Gasteiger partial charge in [0.15, 0.2) is 0 Å². The molecule has 0 spiro atoms. The standard InChI is InChI=1S/C20H15Br2NO2/c1-12-8-13(14-9-15(21)11-16(22)10-14)6-7-18(12)23-19-5-3-2-4-17(19)20(24)25/h2-11,23H,1H3,(H,24,25). The zero-order chi connectivity index (χ0) is 18.0. The molecule has 25 heavy (non-hydrogen) atoms. The molecule has 3 rings (SSSR count). The third-order valence-corrected chi connectivity index (χ3v) is 4.76. The maximum atomic E-state index is 11.4. The molecule has 0 heterocycles. The Balaban J connectivity index is 1.94. The van der Waals surface area contributed by atoms with Crippen molar-refractivity contribution in [1.29, 1.82) is 0 Å². The maximum absolute atomic E-state index is 11.4. The van der Waals surface area contributed by atoms with Crippen molar-refractivity contribution in [3.63, 3.8) is 0 Å². The number of hydrogen-bond donors (Lipinski definition) is 2. The van der Waals surface area contributed by atoms with Gasteiger partial charge < -0.3 is 10.4 Å². The highest BCUT2D eigenvalue weighted by atomic mass is 79.9. The summed E-state index contributed by atoms with van der Waals surface area (Å²) in [5, 5.41) is 12.5. The van der Waals surface area contributed by atoms with Crippen molar-refractivity contribution in [2.75, 3.05) is 5.32 Å². The van der Waals surface area contributed by atoms with Gasteiger partial charge >= 0.3 is 5.97 Å². The minimum absolute atomic E-state index is 0.252. The number of carboxylic acid groups (broad SMARTS) is 1. The predicted molar refractivity (Wildman–Crippen MR) is 109 cm³/mol. The number of aryl methyl sites for hydroxylation is 1. The van der Waals surface area contributed by atoms with Crippen LogP contribution in [0.5, 0.6) is 0 Å². The van der Waals surface area contributed by atoms with Gasteiger partial charge in [0.1, 0.15) is 0 Å². The third kappa shape index (κ3) is 4.11. The predicted octanol–water partition coefficient (Wildman–Crippen LogP) is 6.63. The molecule has 0 atom stereocenters. The topological polar surface area (TPSA) is 49.3 Å². The van der Waals surface area contributed by atoms with Crippen molar-refractivity contribution in [1.82, 2.24) is 0 Å². The van der Waals surface area contributed by atoms with E-state index in [-0.39, 0.29) is 5.56 Å². The molecule has 0 amide bonds. The number of carbonyl (C=O) groups is 1. The molecule has 0 bridgehead atoms. The lowest BCUT2D eigenvalue weighted by molar-refractivity contribution is 0.0698. The first-order chi connectivity index (χ1) is 11.9. The summed E-state index contributed by atoms with van der Waals surface area (Å²) >= 11 is 7.02. The molecule has 0 unspecified atom stereocenters. The van der Waals surface area contributed by atoms with Gasteiger partial charge in [0, 0.05) is 14.6 Å². The van der Waals surface area contributed by atoms with E-state index >= 15 is 0 Å². The normalized spacial score (nSPS) is 10.5. The quantitative estimate of drug-likeness (QED) is 0.459. The van der Waals surface area contributed by atoms with Gasteiger partial charge in [-0.15, -0.1) is 0 Å². The van der Waals surface area contributed by atoms with E-state index in [0.29, 0.717) is 5.69 Å². The van der Waals surface area contributed by atoms with Gasteiger partial charge in [-0.25, -0.2) is 4.79 Å². The first kappa shape index (κ1) is 17.7. The molecule has 0 aromatic heterocycles. The van der Waals surface area contributed by atoms with Crippen LogP contribution in [0.4, 0.5) is 11.4 Å². The molecule has 0 saturated carbocycles. The van der Waals surface area contributed by atoms with E-state index in [1.807, 2.05) is 31.2 Å². The molecular weight excluding hydrogens is 446 g/mol. The summed E-state index contributed by atoms with van der Waals surface area (Å²) < 4.78 is 2.01. The largest absolute Gasteiger partial charge is 0.478 e. The highest BCUT2D eigenvalue weighted by Crippen LogP contribution is 2.31. The average Bonchev–Trinajstić information content (AvgIpc) is 2.56. The number of nitrogens with one attached hydrogen (secondary N) is 1. The second-order valence-corrected chi connectivity index (χ2v) is 7.49. The fraction of sp³-hybridized carbons (Fsp3) is 0.0500. The van der Waals surface area contributed by atoms with Crippen molar-refractivity contribution in [3.05, 3.63) is 80.7 Å². The average molecular weight is 461 g/mol. The molecule has 2 N–H and O–H groups in total. The summed E-state index contributed by atoms with van der Waals surface area (Å²) in [4.78, 5) is 11.4. The molecule has 0 radical (unpaired) electrons. The fourth-order valence-electron chi connectivity index (χ4n) is 2.63. The number of halogens is 2. The SMILES string of the molecule is Cc1cc(-c2cc(Br)cc(Br)c2)ccc1Nc1ccccc1C(=O)O. The van der Waals surface area contributed by atoms with E-state index < -0.39 is 5.97 Å². The monoisotopic (exact) mass is 459 g/mol. The third-order valence-electron chi connectivity index (χ3n) is 3.85. The number of benzene rings is 3. The van der Waals surface area contributed by atoms with Gasteiger partial charge in [-0.05, 0) is 66.1 Å². The number of aromatic carboxylic acids is 1. The van der Waals surface area contributed by atoms with E-state index in [2.05, 4.69) is 55.4 Å². The van der Waals surface area contributed by atoms with Gasteiger partial charge in [0.2, 0.25) is 0 Å². The molecule has 3 nitrogen and oxygen atoms in total. The molecule has 0 saturated heterocycles. The smallest absolute Gasteiger partial charge is 0.337 e. The van der Waals surface area contributed by atoms with Crippen molar-refractivity contribution in [3.8, 4) is 11.1 Å². The molecule has 5 heteroatoms. The van der Waals surface area contributed by atoms with Gasteiger partial charge in [0.05, 0.1) is 11.3 Å². The first-order valence-electron chi connectivity index (χ1n) is 7.60. The molecule has 126 valence electrons. The van der Waals surface area contributed by atoms with Crippen LogP contribution < -0.4 is 5.32 Å². The second kappa shape index (κ2) is 7.42. The Morgan fingerprint density at radius 2 is 1.56 bits per heavy atom. The summed E-state index contributed by atoms with van der Waals surface area (Å²) in [6.45, 7) is 2.00. The Morgan fingerprint density at radius 3 is 2.20 bits per heavy atom. The lowest BCUT2D eigenvalue weighted by Crippen LogP contribution is -2.03. The van der Waals surface area contributed by atoms with E-state index in [1.54, 1.807) is 18.2 Å². The maximum Gasteiger partial charge on any atom is 0.337 e. The lowest BCUT2D eigenvalue weighted by atomic mass is 10.0. The Hall–Kier alpha value is -2.11. The van der Waals surface area contributed by atoms with E-state index in [4.69, 9.17) is 0 Å². The number of carboxylic acids is 1. The van der Waals surface area contributed by atoms with Gasteiger partial charge in [-0.1, -0.05) is 50.1 Å². The van der Waals surface area contributed by atoms with E-state index in [1.165, 1.54) is 0 Å². The van der Waals surface area contributed by atoms with Crippen LogP contribution in [0.3, 0.4) is 0 Å². The number of rotatable bonds is 4. The molecular formula is C20H15Br2NO2. The second-order valence-electron chi connectivity index (χ2n) is 5.66. The number of para-hydroxylation sites is 1. The molecule has 0 aliphatic heterocycles.